The molecule has 0 bridgehead atoms. The molecule has 0 saturated heterocycles. The number of hydrogen-bond acceptors (Lipinski definition) is 5. The molecule has 0 aliphatic heterocycles. The van der Waals surface area contributed by atoms with Crippen molar-refractivity contribution in [3.8, 4) is 16.8 Å². The van der Waals surface area contributed by atoms with E-state index in [1.165, 1.54) is 18.1 Å². The number of benzene rings is 3. The summed E-state index contributed by atoms with van der Waals surface area (Å²) < 4.78 is 2.76. The summed E-state index contributed by atoms with van der Waals surface area (Å²) >= 11 is 4.81. The minimum absolute atomic E-state index is 0.101. The number of aromatic nitrogens is 4. The Morgan fingerprint density at radius 3 is 2.52 bits per heavy atom. The van der Waals surface area contributed by atoms with Crippen molar-refractivity contribution >= 4 is 50.3 Å². The van der Waals surface area contributed by atoms with Gasteiger partial charge >= 0.3 is 0 Å². The number of para-hydroxylation sites is 1. The minimum Gasteiger partial charge on any atom is -0.325 e. The first kappa shape index (κ1) is 21.4. The lowest BCUT2D eigenvalue weighted by Gasteiger charge is -2.11. The predicted molar refractivity (Wildman–Crippen MR) is 136 cm³/mol. The largest absolute Gasteiger partial charge is 0.325 e. The van der Waals surface area contributed by atoms with Gasteiger partial charge in [-0.2, -0.15) is 5.10 Å². The third-order valence-electron chi connectivity index (χ3n) is 5.03. The molecule has 1 N–H and O–H groups in total. The number of halogens is 1. The van der Waals surface area contributed by atoms with Crippen molar-refractivity contribution in [2.75, 3.05) is 11.1 Å². The quantitative estimate of drug-likeness (QED) is 0.222. The summed E-state index contributed by atoms with van der Waals surface area (Å²) in [5.74, 6) is 0.119. The highest BCUT2D eigenvalue weighted by molar-refractivity contribution is 9.10. The number of fused-ring (bicyclic) bond motifs is 1. The van der Waals surface area contributed by atoms with Crippen LogP contribution in [0.15, 0.2) is 101 Å². The van der Waals surface area contributed by atoms with Gasteiger partial charge in [0.1, 0.15) is 11.4 Å². The van der Waals surface area contributed by atoms with Crippen LogP contribution in [0.4, 0.5) is 5.69 Å². The summed E-state index contributed by atoms with van der Waals surface area (Å²) in [6, 6.07) is 25.6. The van der Waals surface area contributed by atoms with E-state index < -0.39 is 0 Å². The molecule has 6 nitrogen and oxygen atoms in total. The molecule has 0 atom stereocenters. The average Bonchev–Trinajstić information content (AvgIpc) is 3.29. The lowest BCUT2D eigenvalue weighted by Crippen LogP contribution is -2.14. The van der Waals surface area contributed by atoms with E-state index in [2.05, 4.69) is 36.3 Å². The standard InChI is InChI=1S/C25H18BrN5OS/c26-18-10-12-19(13-11-18)31-24-21(14-29-31)25(28-16-27-24)33-15-23(32)30-22-9-5-4-8-20(22)17-6-2-1-3-7-17/h1-14,16H,15H2,(H,30,32). The maximum atomic E-state index is 12.8. The Hall–Kier alpha value is -3.49. The summed E-state index contributed by atoms with van der Waals surface area (Å²) in [5.41, 5.74) is 4.42. The molecule has 8 heteroatoms. The van der Waals surface area contributed by atoms with E-state index in [-0.39, 0.29) is 11.7 Å². The summed E-state index contributed by atoms with van der Waals surface area (Å²) in [6.45, 7) is 0. The Morgan fingerprint density at radius 2 is 1.70 bits per heavy atom. The minimum atomic E-state index is -0.101. The molecule has 0 unspecified atom stereocenters. The van der Waals surface area contributed by atoms with Gasteiger partial charge in [-0.3, -0.25) is 4.79 Å². The van der Waals surface area contributed by atoms with Gasteiger partial charge in [0.05, 0.1) is 23.0 Å². The molecule has 0 aliphatic carbocycles. The first-order chi connectivity index (χ1) is 16.2. The second kappa shape index (κ2) is 9.56. The van der Waals surface area contributed by atoms with E-state index in [0.717, 1.165) is 37.4 Å². The molecule has 3 aromatic carbocycles. The zero-order chi connectivity index (χ0) is 22.6. The van der Waals surface area contributed by atoms with Crippen LogP contribution in [-0.2, 0) is 4.79 Å². The molecular weight excluding hydrogens is 498 g/mol. The van der Waals surface area contributed by atoms with Crippen LogP contribution in [0.25, 0.3) is 27.8 Å². The van der Waals surface area contributed by atoms with Crippen molar-refractivity contribution in [1.29, 1.82) is 0 Å². The summed E-state index contributed by atoms with van der Waals surface area (Å²) in [4.78, 5) is 21.6. The van der Waals surface area contributed by atoms with Crippen LogP contribution in [0.1, 0.15) is 0 Å². The summed E-state index contributed by atoms with van der Waals surface area (Å²) in [5, 5.41) is 9.04. The number of nitrogens with zero attached hydrogens (tertiary/aromatic N) is 4. The monoisotopic (exact) mass is 515 g/mol. The average molecular weight is 516 g/mol. The molecule has 1 amide bonds. The SMILES string of the molecule is O=C(CSc1ncnc2c1cnn2-c1ccc(Br)cc1)Nc1ccccc1-c1ccccc1. The van der Waals surface area contributed by atoms with Crippen molar-refractivity contribution in [3.63, 3.8) is 0 Å². The van der Waals surface area contributed by atoms with Crippen LogP contribution in [0, 0.1) is 0 Å². The second-order valence-corrected chi connectivity index (χ2v) is 9.08. The highest BCUT2D eigenvalue weighted by Crippen LogP contribution is 2.29. The van der Waals surface area contributed by atoms with Crippen LogP contribution in [0.3, 0.4) is 0 Å². The van der Waals surface area contributed by atoms with Gasteiger partial charge in [0, 0.05) is 15.7 Å². The third-order valence-corrected chi connectivity index (χ3v) is 6.56. The molecule has 5 aromatic rings. The highest BCUT2D eigenvalue weighted by atomic mass is 79.9. The van der Waals surface area contributed by atoms with Crippen LogP contribution in [0.5, 0.6) is 0 Å². The van der Waals surface area contributed by atoms with Crippen molar-refractivity contribution in [2.45, 2.75) is 5.03 Å². The first-order valence-corrected chi connectivity index (χ1v) is 12.0. The van der Waals surface area contributed by atoms with Gasteiger partial charge in [0.25, 0.3) is 0 Å². The van der Waals surface area contributed by atoms with Gasteiger partial charge in [-0.05, 0) is 35.9 Å². The number of nitrogens with one attached hydrogen (secondary N) is 1. The Bertz CT molecular complexity index is 1420. The van der Waals surface area contributed by atoms with Crippen LogP contribution in [0.2, 0.25) is 0 Å². The van der Waals surface area contributed by atoms with E-state index in [1.807, 2.05) is 78.9 Å². The number of amides is 1. The fraction of sp³-hybridized carbons (Fsp3) is 0.0400. The topological polar surface area (TPSA) is 72.7 Å². The summed E-state index contributed by atoms with van der Waals surface area (Å²) in [7, 11) is 0. The highest BCUT2D eigenvalue weighted by Gasteiger charge is 2.14. The van der Waals surface area contributed by atoms with Crippen LogP contribution in [-0.4, -0.2) is 31.4 Å². The maximum absolute atomic E-state index is 12.8. The number of thioether (sulfide) groups is 1. The number of anilines is 1. The van der Waals surface area contributed by atoms with Gasteiger partial charge < -0.3 is 5.32 Å². The van der Waals surface area contributed by atoms with E-state index in [4.69, 9.17) is 0 Å². The fourth-order valence-electron chi connectivity index (χ4n) is 3.49. The van der Waals surface area contributed by atoms with E-state index in [0.29, 0.717) is 5.65 Å². The van der Waals surface area contributed by atoms with Crippen molar-refractivity contribution in [1.82, 2.24) is 19.7 Å². The Kier molecular flexibility index (Phi) is 6.19. The smallest absolute Gasteiger partial charge is 0.234 e. The lowest BCUT2D eigenvalue weighted by molar-refractivity contribution is -0.113. The van der Waals surface area contributed by atoms with Crippen LogP contribution < -0.4 is 5.32 Å². The van der Waals surface area contributed by atoms with E-state index >= 15 is 0 Å². The zero-order valence-electron chi connectivity index (χ0n) is 17.4. The van der Waals surface area contributed by atoms with Gasteiger partial charge in [-0.15, -0.1) is 0 Å². The lowest BCUT2D eigenvalue weighted by atomic mass is 10.0. The summed E-state index contributed by atoms with van der Waals surface area (Å²) in [6.07, 6.45) is 3.24. The molecule has 33 heavy (non-hydrogen) atoms. The Balaban J connectivity index is 1.33. The van der Waals surface area contributed by atoms with Crippen LogP contribution >= 0.6 is 27.7 Å². The molecule has 0 radical (unpaired) electrons. The molecule has 0 saturated carbocycles. The predicted octanol–water partition coefficient (Wildman–Crippen LogP) is 5.98. The normalized spacial score (nSPS) is 10.9. The number of rotatable bonds is 6. The Labute approximate surface area is 203 Å². The molecule has 5 rings (SSSR count). The van der Waals surface area contributed by atoms with Crippen molar-refractivity contribution in [2.24, 2.45) is 0 Å². The van der Waals surface area contributed by atoms with Gasteiger partial charge in [0.2, 0.25) is 5.91 Å². The van der Waals surface area contributed by atoms with Crippen molar-refractivity contribution in [3.05, 3.63) is 95.9 Å². The number of carbonyl (C=O) groups is 1. The van der Waals surface area contributed by atoms with E-state index in [9.17, 15) is 4.79 Å². The van der Waals surface area contributed by atoms with Gasteiger partial charge in [-0.25, -0.2) is 14.6 Å². The molecular formula is C25H18BrN5OS. The van der Waals surface area contributed by atoms with Gasteiger partial charge in [-0.1, -0.05) is 76.2 Å². The number of hydrogen-bond donors (Lipinski definition) is 1. The molecule has 2 aromatic heterocycles. The first-order valence-electron chi connectivity index (χ1n) is 10.2. The maximum Gasteiger partial charge on any atom is 0.234 e. The molecule has 0 aliphatic rings. The second-order valence-electron chi connectivity index (χ2n) is 7.20. The molecule has 162 valence electrons. The Morgan fingerprint density at radius 1 is 0.939 bits per heavy atom. The molecule has 2 heterocycles. The third kappa shape index (κ3) is 4.67. The van der Waals surface area contributed by atoms with E-state index in [1.54, 1.807) is 10.9 Å². The zero-order valence-corrected chi connectivity index (χ0v) is 19.8. The fourth-order valence-corrected chi connectivity index (χ4v) is 4.52. The van der Waals surface area contributed by atoms with Gasteiger partial charge in [0.15, 0.2) is 5.65 Å². The molecule has 0 spiro atoms. The number of carbonyl (C=O) groups excluding carboxylic acids is 1. The van der Waals surface area contributed by atoms with Crippen molar-refractivity contribution < 1.29 is 4.79 Å². The molecule has 0 fully saturated rings.